The van der Waals surface area contributed by atoms with E-state index in [-0.39, 0.29) is 12.2 Å². The summed E-state index contributed by atoms with van der Waals surface area (Å²) in [5.74, 6) is -3.17. The molecule has 3 rings (SSSR count). The summed E-state index contributed by atoms with van der Waals surface area (Å²) >= 11 is 0. The van der Waals surface area contributed by atoms with Gasteiger partial charge in [0.1, 0.15) is 5.82 Å². The molecule has 0 fully saturated rings. The molecule has 1 aliphatic heterocycles. The van der Waals surface area contributed by atoms with E-state index < -0.39 is 17.5 Å². The molecule has 0 atom stereocenters. The van der Waals surface area contributed by atoms with Crippen molar-refractivity contribution in [3.63, 3.8) is 0 Å². The Bertz CT molecular complexity index is 701. The van der Waals surface area contributed by atoms with E-state index in [0.29, 0.717) is 37.4 Å². The molecule has 0 saturated carbocycles. The lowest BCUT2D eigenvalue weighted by Gasteiger charge is -2.19. The average molecular weight is 298 g/mol. The third kappa shape index (κ3) is 2.71. The standard InChI is InChI=1S/C13H13F3N4O/c14-9-5-8(6-10(15)12(9)16)7-19-2-1-11-17-18-13(21)20(11)4-3-19/h5-6H,1-4,7H2,(H,18,21). The van der Waals surface area contributed by atoms with Gasteiger partial charge in [0, 0.05) is 32.6 Å². The molecular weight excluding hydrogens is 285 g/mol. The van der Waals surface area contributed by atoms with Crippen LogP contribution >= 0.6 is 0 Å². The van der Waals surface area contributed by atoms with Gasteiger partial charge < -0.3 is 0 Å². The van der Waals surface area contributed by atoms with E-state index in [1.54, 1.807) is 4.57 Å². The van der Waals surface area contributed by atoms with Crippen LogP contribution in [0.15, 0.2) is 16.9 Å². The Morgan fingerprint density at radius 2 is 1.86 bits per heavy atom. The van der Waals surface area contributed by atoms with Crippen LogP contribution in [0.4, 0.5) is 13.2 Å². The third-order valence-corrected chi connectivity index (χ3v) is 3.58. The highest BCUT2D eigenvalue weighted by Crippen LogP contribution is 2.16. The first-order valence-corrected chi connectivity index (χ1v) is 6.54. The predicted molar refractivity (Wildman–Crippen MR) is 68.1 cm³/mol. The molecule has 0 radical (unpaired) electrons. The van der Waals surface area contributed by atoms with Crippen molar-refractivity contribution in [1.29, 1.82) is 0 Å². The minimum atomic E-state index is -1.46. The number of H-pyrrole nitrogens is 1. The van der Waals surface area contributed by atoms with Crippen molar-refractivity contribution in [2.75, 3.05) is 13.1 Å². The van der Waals surface area contributed by atoms with Gasteiger partial charge in [0.25, 0.3) is 0 Å². The minimum absolute atomic E-state index is 0.259. The molecular formula is C13H13F3N4O. The van der Waals surface area contributed by atoms with Crippen molar-refractivity contribution < 1.29 is 13.2 Å². The zero-order valence-corrected chi connectivity index (χ0v) is 11.1. The van der Waals surface area contributed by atoms with E-state index in [2.05, 4.69) is 10.2 Å². The Morgan fingerprint density at radius 1 is 1.14 bits per heavy atom. The Balaban J connectivity index is 1.74. The van der Waals surface area contributed by atoms with Gasteiger partial charge >= 0.3 is 5.69 Å². The lowest BCUT2D eigenvalue weighted by Crippen LogP contribution is -2.28. The second-order valence-electron chi connectivity index (χ2n) is 5.00. The molecule has 0 saturated heterocycles. The molecule has 1 aliphatic rings. The monoisotopic (exact) mass is 298 g/mol. The molecule has 1 aromatic heterocycles. The summed E-state index contributed by atoms with van der Waals surface area (Å²) in [6.07, 6.45) is 0.560. The van der Waals surface area contributed by atoms with E-state index in [9.17, 15) is 18.0 Å². The SMILES string of the molecule is O=c1[nH]nc2n1CCN(Cc1cc(F)c(F)c(F)c1)CC2. The molecule has 21 heavy (non-hydrogen) atoms. The number of hydrogen-bond acceptors (Lipinski definition) is 3. The zero-order chi connectivity index (χ0) is 15.0. The van der Waals surface area contributed by atoms with Crippen LogP contribution in [0.25, 0.3) is 0 Å². The summed E-state index contributed by atoms with van der Waals surface area (Å²) in [7, 11) is 0. The smallest absolute Gasteiger partial charge is 0.297 e. The van der Waals surface area contributed by atoms with Crippen LogP contribution in [0, 0.1) is 17.5 Å². The molecule has 2 heterocycles. The van der Waals surface area contributed by atoms with Crippen molar-refractivity contribution in [2.45, 2.75) is 19.5 Å². The fraction of sp³-hybridized carbons (Fsp3) is 0.385. The normalized spacial score (nSPS) is 15.8. The van der Waals surface area contributed by atoms with E-state index >= 15 is 0 Å². The lowest BCUT2D eigenvalue weighted by atomic mass is 10.2. The number of aromatic amines is 1. The van der Waals surface area contributed by atoms with Gasteiger partial charge in [-0.05, 0) is 17.7 Å². The fourth-order valence-corrected chi connectivity index (χ4v) is 2.50. The zero-order valence-electron chi connectivity index (χ0n) is 11.1. The number of nitrogens with one attached hydrogen (secondary N) is 1. The molecule has 112 valence electrons. The van der Waals surface area contributed by atoms with Crippen LogP contribution in [0.5, 0.6) is 0 Å². The molecule has 1 aromatic carbocycles. The van der Waals surface area contributed by atoms with Crippen molar-refractivity contribution in [3.8, 4) is 0 Å². The number of rotatable bonds is 2. The molecule has 2 aromatic rings. The van der Waals surface area contributed by atoms with Crippen molar-refractivity contribution in [3.05, 3.63) is 51.5 Å². The number of nitrogens with zero attached hydrogens (tertiary/aromatic N) is 3. The van der Waals surface area contributed by atoms with Gasteiger partial charge in [-0.2, -0.15) is 5.10 Å². The number of aromatic nitrogens is 3. The second-order valence-corrected chi connectivity index (χ2v) is 5.00. The van der Waals surface area contributed by atoms with Crippen LogP contribution in [-0.2, 0) is 19.5 Å². The molecule has 8 heteroatoms. The van der Waals surface area contributed by atoms with E-state index in [1.807, 2.05) is 4.90 Å². The maximum absolute atomic E-state index is 13.2. The summed E-state index contributed by atoms with van der Waals surface area (Å²) in [4.78, 5) is 13.4. The molecule has 0 bridgehead atoms. The highest BCUT2D eigenvalue weighted by molar-refractivity contribution is 5.19. The quantitative estimate of drug-likeness (QED) is 0.843. The van der Waals surface area contributed by atoms with Crippen LogP contribution in [0.2, 0.25) is 0 Å². The van der Waals surface area contributed by atoms with Gasteiger partial charge in [-0.25, -0.2) is 23.1 Å². The number of fused-ring (bicyclic) bond motifs is 1. The lowest BCUT2D eigenvalue weighted by molar-refractivity contribution is 0.269. The topological polar surface area (TPSA) is 53.9 Å². The third-order valence-electron chi connectivity index (χ3n) is 3.58. The van der Waals surface area contributed by atoms with Gasteiger partial charge in [-0.1, -0.05) is 0 Å². The largest absolute Gasteiger partial charge is 0.343 e. The van der Waals surface area contributed by atoms with Gasteiger partial charge in [0.2, 0.25) is 0 Å². The summed E-state index contributed by atoms with van der Waals surface area (Å²) in [5, 5.41) is 6.32. The molecule has 0 amide bonds. The molecule has 1 N–H and O–H groups in total. The van der Waals surface area contributed by atoms with Crippen LogP contribution < -0.4 is 5.69 Å². The first kappa shape index (κ1) is 13.9. The predicted octanol–water partition coefficient (Wildman–Crippen LogP) is 1.05. The highest BCUT2D eigenvalue weighted by Gasteiger charge is 2.18. The van der Waals surface area contributed by atoms with Crippen molar-refractivity contribution in [2.24, 2.45) is 0 Å². The van der Waals surface area contributed by atoms with E-state index in [4.69, 9.17) is 0 Å². The Kier molecular flexibility index (Phi) is 3.54. The Morgan fingerprint density at radius 3 is 2.57 bits per heavy atom. The maximum Gasteiger partial charge on any atom is 0.343 e. The molecule has 0 aliphatic carbocycles. The first-order valence-electron chi connectivity index (χ1n) is 6.54. The summed E-state index contributed by atoms with van der Waals surface area (Å²) in [5.41, 5.74) is 0.102. The number of benzene rings is 1. The van der Waals surface area contributed by atoms with Gasteiger partial charge in [-0.15, -0.1) is 0 Å². The summed E-state index contributed by atoms with van der Waals surface area (Å²) in [6.45, 7) is 1.89. The van der Waals surface area contributed by atoms with Gasteiger partial charge in [-0.3, -0.25) is 9.47 Å². The van der Waals surface area contributed by atoms with Crippen LogP contribution in [0.1, 0.15) is 11.4 Å². The molecule has 5 nitrogen and oxygen atoms in total. The van der Waals surface area contributed by atoms with E-state index in [1.165, 1.54) is 0 Å². The summed E-state index contributed by atoms with van der Waals surface area (Å²) in [6, 6.07) is 1.99. The van der Waals surface area contributed by atoms with Crippen molar-refractivity contribution in [1.82, 2.24) is 19.7 Å². The highest BCUT2D eigenvalue weighted by atomic mass is 19.2. The maximum atomic E-state index is 13.2. The van der Waals surface area contributed by atoms with Gasteiger partial charge in [0.05, 0.1) is 0 Å². The summed E-state index contributed by atoms with van der Waals surface area (Å²) < 4.78 is 40.9. The first-order chi connectivity index (χ1) is 10.0. The average Bonchev–Trinajstić information content (AvgIpc) is 2.67. The molecule has 0 unspecified atom stereocenters. The number of hydrogen-bond donors (Lipinski definition) is 1. The molecule has 0 spiro atoms. The van der Waals surface area contributed by atoms with Gasteiger partial charge in [0.15, 0.2) is 17.5 Å². The Hall–Kier alpha value is -2.09. The van der Waals surface area contributed by atoms with Crippen LogP contribution in [0.3, 0.4) is 0 Å². The van der Waals surface area contributed by atoms with Crippen LogP contribution in [-0.4, -0.2) is 32.8 Å². The second kappa shape index (κ2) is 5.36. The number of halogens is 3. The minimum Gasteiger partial charge on any atom is -0.297 e. The van der Waals surface area contributed by atoms with Crippen molar-refractivity contribution >= 4 is 0 Å². The Labute approximate surface area is 118 Å². The van der Waals surface area contributed by atoms with E-state index in [0.717, 1.165) is 12.1 Å². The fourth-order valence-electron chi connectivity index (χ4n) is 2.50.